The van der Waals surface area contributed by atoms with Gasteiger partial charge in [-0.25, -0.2) is 0 Å². The van der Waals surface area contributed by atoms with Crippen molar-refractivity contribution in [2.24, 2.45) is 11.0 Å². The largest absolute Gasteiger partial charge is 0.289 e. The lowest BCUT2D eigenvalue weighted by Crippen LogP contribution is -2.33. The minimum Gasteiger partial charge on any atom is -0.289 e. The van der Waals surface area contributed by atoms with Gasteiger partial charge in [-0.2, -0.15) is 0 Å². The first-order chi connectivity index (χ1) is 8.37. The van der Waals surface area contributed by atoms with Gasteiger partial charge in [0.25, 0.3) is 0 Å². The Morgan fingerprint density at radius 1 is 0.833 bits per heavy atom. The summed E-state index contributed by atoms with van der Waals surface area (Å²) in [6, 6.07) is 0. The summed E-state index contributed by atoms with van der Waals surface area (Å²) in [5, 5.41) is -0.353. The minimum atomic E-state index is -2.99. The monoisotopic (exact) mass is 276 g/mol. The molecule has 0 aliphatic heterocycles. The summed E-state index contributed by atoms with van der Waals surface area (Å²) < 4.78 is 12.1. The lowest BCUT2D eigenvalue weighted by Gasteiger charge is -2.33. The molecule has 0 aliphatic carbocycles. The molecule has 0 aliphatic rings. The second-order valence-electron chi connectivity index (χ2n) is 5.83. The van der Waals surface area contributed by atoms with E-state index in [1.165, 1.54) is 38.5 Å². The average Bonchev–Trinajstić information content (AvgIpc) is 2.29. The molecule has 0 unspecified atom stereocenters. The Kier molecular flexibility index (Phi) is 9.19. The standard InChI is InChI=1S/C14H33N2OP/c1-4-6-8-10-12-14(3,18(15,16)17)13-11-9-7-5-2/h4-13H2,1-3H3,(H4,15,16,17). The van der Waals surface area contributed by atoms with Crippen LogP contribution in [0.4, 0.5) is 0 Å². The van der Waals surface area contributed by atoms with Crippen LogP contribution in [0, 0.1) is 0 Å². The van der Waals surface area contributed by atoms with E-state index in [4.69, 9.17) is 11.0 Å². The first kappa shape index (κ1) is 18.1. The maximum atomic E-state index is 12.1. The predicted octanol–water partition coefficient (Wildman–Crippen LogP) is 4.80. The number of hydrogen-bond donors (Lipinski definition) is 2. The zero-order chi connectivity index (χ0) is 14.1. The van der Waals surface area contributed by atoms with Crippen LogP contribution in [0.3, 0.4) is 0 Å². The van der Waals surface area contributed by atoms with Crippen LogP contribution in [0.1, 0.15) is 85.0 Å². The number of rotatable bonds is 11. The molecule has 0 bridgehead atoms. The Bertz CT molecular complexity index is 238. The third-order valence-corrected chi connectivity index (χ3v) is 6.12. The Balaban J connectivity index is 4.22. The van der Waals surface area contributed by atoms with E-state index >= 15 is 0 Å². The molecule has 0 heterocycles. The molecule has 0 saturated carbocycles. The van der Waals surface area contributed by atoms with Gasteiger partial charge < -0.3 is 0 Å². The van der Waals surface area contributed by atoms with Gasteiger partial charge in [0.2, 0.25) is 7.44 Å². The molecule has 0 rings (SSSR count). The fraction of sp³-hybridized carbons (Fsp3) is 1.00. The van der Waals surface area contributed by atoms with Gasteiger partial charge in [-0.1, -0.05) is 72.1 Å². The predicted molar refractivity (Wildman–Crippen MR) is 81.9 cm³/mol. The Morgan fingerprint density at radius 3 is 1.50 bits per heavy atom. The summed E-state index contributed by atoms with van der Waals surface area (Å²) in [7, 11) is -2.99. The second-order valence-corrected chi connectivity index (χ2v) is 8.33. The molecule has 4 heteroatoms. The highest BCUT2D eigenvalue weighted by atomic mass is 31.2. The van der Waals surface area contributed by atoms with Crippen LogP contribution >= 0.6 is 7.44 Å². The number of nitrogens with two attached hydrogens (primary N) is 2. The third kappa shape index (κ3) is 6.92. The maximum Gasteiger partial charge on any atom is 0.211 e. The topological polar surface area (TPSA) is 69.1 Å². The second kappa shape index (κ2) is 9.12. The van der Waals surface area contributed by atoms with Gasteiger partial charge in [-0.15, -0.1) is 0 Å². The van der Waals surface area contributed by atoms with E-state index < -0.39 is 7.44 Å². The van der Waals surface area contributed by atoms with Gasteiger partial charge >= 0.3 is 0 Å². The van der Waals surface area contributed by atoms with E-state index in [0.717, 1.165) is 25.7 Å². The number of hydrogen-bond acceptors (Lipinski definition) is 1. The van der Waals surface area contributed by atoms with Gasteiger partial charge in [-0.05, 0) is 12.8 Å². The van der Waals surface area contributed by atoms with Crippen molar-refractivity contribution in [1.29, 1.82) is 0 Å². The molecular weight excluding hydrogens is 243 g/mol. The minimum absolute atomic E-state index is 0.353. The van der Waals surface area contributed by atoms with Crippen LogP contribution in [0.5, 0.6) is 0 Å². The SMILES string of the molecule is CCCCCCC(C)(CCCCCC)P(N)(N)=O. The van der Waals surface area contributed by atoms with E-state index in [1.54, 1.807) is 0 Å². The molecule has 0 aromatic heterocycles. The average molecular weight is 276 g/mol. The van der Waals surface area contributed by atoms with Gasteiger partial charge in [0.05, 0.1) is 0 Å². The first-order valence-corrected chi connectivity index (χ1v) is 9.39. The van der Waals surface area contributed by atoms with Crippen molar-refractivity contribution in [3.63, 3.8) is 0 Å². The molecule has 0 atom stereocenters. The Hall–Kier alpha value is 0.150. The summed E-state index contributed by atoms with van der Waals surface area (Å²) in [5.41, 5.74) is 11.6. The van der Waals surface area contributed by atoms with Crippen molar-refractivity contribution in [3.05, 3.63) is 0 Å². The van der Waals surface area contributed by atoms with Crippen molar-refractivity contribution < 1.29 is 4.57 Å². The third-order valence-electron chi connectivity index (χ3n) is 3.98. The molecule has 0 radical (unpaired) electrons. The fourth-order valence-electron chi connectivity index (χ4n) is 2.34. The molecule has 0 aromatic carbocycles. The van der Waals surface area contributed by atoms with Gasteiger partial charge in [0.15, 0.2) is 0 Å². The lowest BCUT2D eigenvalue weighted by molar-refractivity contribution is 0.437. The fourth-order valence-corrected chi connectivity index (χ4v) is 3.35. The van der Waals surface area contributed by atoms with E-state index in [2.05, 4.69) is 13.8 Å². The molecular formula is C14H33N2OP. The van der Waals surface area contributed by atoms with Gasteiger partial charge in [-0.3, -0.25) is 15.6 Å². The first-order valence-electron chi connectivity index (χ1n) is 7.54. The molecule has 0 fully saturated rings. The zero-order valence-electron chi connectivity index (χ0n) is 12.6. The van der Waals surface area contributed by atoms with Crippen LogP contribution in [-0.4, -0.2) is 5.16 Å². The molecule has 18 heavy (non-hydrogen) atoms. The van der Waals surface area contributed by atoms with Crippen LogP contribution < -0.4 is 11.0 Å². The maximum absolute atomic E-state index is 12.1. The smallest absolute Gasteiger partial charge is 0.211 e. The normalized spacial score (nSPS) is 12.9. The highest BCUT2D eigenvalue weighted by Crippen LogP contribution is 2.50. The van der Waals surface area contributed by atoms with Crippen LogP contribution in [0.15, 0.2) is 0 Å². The van der Waals surface area contributed by atoms with Gasteiger partial charge in [0.1, 0.15) is 0 Å². The molecule has 0 saturated heterocycles. The molecule has 4 N–H and O–H groups in total. The lowest BCUT2D eigenvalue weighted by atomic mass is 9.95. The molecule has 0 amide bonds. The molecule has 0 spiro atoms. The summed E-state index contributed by atoms with van der Waals surface area (Å²) in [6.07, 6.45) is 11.3. The van der Waals surface area contributed by atoms with E-state index in [9.17, 15) is 4.57 Å². The van der Waals surface area contributed by atoms with Crippen LogP contribution in [-0.2, 0) is 4.57 Å². The quantitative estimate of drug-likeness (QED) is 0.421. The molecule has 3 nitrogen and oxygen atoms in total. The summed E-state index contributed by atoms with van der Waals surface area (Å²) in [5.74, 6) is 0. The van der Waals surface area contributed by atoms with Crippen LogP contribution in [0.2, 0.25) is 0 Å². The Morgan fingerprint density at radius 2 is 1.22 bits per heavy atom. The van der Waals surface area contributed by atoms with Crippen LogP contribution in [0.25, 0.3) is 0 Å². The van der Waals surface area contributed by atoms with Gasteiger partial charge in [0, 0.05) is 5.16 Å². The van der Waals surface area contributed by atoms with Crippen molar-refractivity contribution in [2.45, 2.75) is 90.1 Å². The Labute approximate surface area is 114 Å². The highest BCUT2D eigenvalue weighted by Gasteiger charge is 2.37. The summed E-state index contributed by atoms with van der Waals surface area (Å²) in [6.45, 7) is 6.41. The zero-order valence-corrected chi connectivity index (χ0v) is 13.5. The van der Waals surface area contributed by atoms with E-state index in [0.29, 0.717) is 0 Å². The molecule has 0 aromatic rings. The highest BCUT2D eigenvalue weighted by molar-refractivity contribution is 7.60. The molecule has 110 valence electrons. The number of unbranched alkanes of at least 4 members (excludes halogenated alkanes) is 6. The van der Waals surface area contributed by atoms with Crippen molar-refractivity contribution in [2.75, 3.05) is 0 Å². The van der Waals surface area contributed by atoms with Crippen molar-refractivity contribution in [1.82, 2.24) is 0 Å². The summed E-state index contributed by atoms with van der Waals surface area (Å²) in [4.78, 5) is 0. The van der Waals surface area contributed by atoms with Crippen molar-refractivity contribution in [3.8, 4) is 0 Å². The van der Waals surface area contributed by atoms with E-state index in [-0.39, 0.29) is 5.16 Å². The van der Waals surface area contributed by atoms with Crippen molar-refractivity contribution >= 4 is 7.44 Å². The van der Waals surface area contributed by atoms with E-state index in [1.807, 2.05) is 6.92 Å². The summed E-state index contributed by atoms with van der Waals surface area (Å²) >= 11 is 0.